The number of ether oxygens (including phenoxy) is 2. The van der Waals surface area contributed by atoms with E-state index in [1.807, 2.05) is 24.3 Å². The van der Waals surface area contributed by atoms with Gasteiger partial charge in [0.05, 0.1) is 12.2 Å². The first kappa shape index (κ1) is 17.9. The van der Waals surface area contributed by atoms with Crippen LogP contribution in [0.15, 0.2) is 48.8 Å². The predicted molar refractivity (Wildman–Crippen MR) is 86.5 cm³/mol. The summed E-state index contributed by atoms with van der Waals surface area (Å²) in [6.07, 6.45) is 3.18. The molecule has 0 saturated carbocycles. The Kier molecular flexibility index (Phi) is 7.96. The molecule has 1 heterocycles. The molecule has 0 spiro atoms. The number of methoxy groups -OCH3 is 1. The fourth-order valence-electron chi connectivity index (χ4n) is 1.73. The zero-order valence-electron chi connectivity index (χ0n) is 12.3. The van der Waals surface area contributed by atoms with E-state index in [9.17, 15) is 4.79 Å². The summed E-state index contributed by atoms with van der Waals surface area (Å²) in [5.74, 6) is 0.651. The highest BCUT2D eigenvalue weighted by Crippen LogP contribution is 2.12. The Labute approximate surface area is 136 Å². The molecule has 0 radical (unpaired) electrons. The van der Waals surface area contributed by atoms with Crippen LogP contribution in [0.3, 0.4) is 0 Å². The minimum atomic E-state index is -0.136. The van der Waals surface area contributed by atoms with E-state index < -0.39 is 0 Å². The van der Waals surface area contributed by atoms with Gasteiger partial charge in [-0.05, 0) is 29.8 Å². The Hall–Kier alpha value is -2.11. The molecule has 0 saturated heterocycles. The first-order chi connectivity index (χ1) is 10.3. The van der Waals surface area contributed by atoms with Crippen LogP contribution in [-0.2, 0) is 11.3 Å². The number of benzene rings is 1. The van der Waals surface area contributed by atoms with Crippen LogP contribution in [0.1, 0.15) is 15.9 Å². The molecule has 1 N–H and O–H groups in total. The zero-order chi connectivity index (χ0) is 14.9. The second-order valence-electron chi connectivity index (χ2n) is 4.41. The van der Waals surface area contributed by atoms with Gasteiger partial charge in [-0.2, -0.15) is 0 Å². The van der Waals surface area contributed by atoms with Gasteiger partial charge in [-0.1, -0.05) is 12.1 Å². The number of pyridine rings is 1. The quantitative estimate of drug-likeness (QED) is 0.795. The number of nitrogens with zero attached hydrogens (tertiary/aromatic N) is 1. The highest BCUT2D eigenvalue weighted by molar-refractivity contribution is 5.93. The number of halogens is 1. The molecule has 0 atom stereocenters. The first-order valence-electron chi connectivity index (χ1n) is 6.68. The lowest BCUT2D eigenvalue weighted by Crippen LogP contribution is -2.22. The average molecular weight is 323 g/mol. The summed E-state index contributed by atoms with van der Waals surface area (Å²) < 4.78 is 10.4. The van der Waals surface area contributed by atoms with Crippen LogP contribution in [0.4, 0.5) is 0 Å². The van der Waals surface area contributed by atoms with Crippen molar-refractivity contribution in [2.24, 2.45) is 0 Å². The number of aromatic nitrogens is 1. The van der Waals surface area contributed by atoms with Crippen molar-refractivity contribution in [3.8, 4) is 5.75 Å². The maximum atomic E-state index is 11.9. The Balaban J connectivity index is 0.00000242. The van der Waals surface area contributed by atoms with Crippen LogP contribution >= 0.6 is 12.4 Å². The van der Waals surface area contributed by atoms with Crippen LogP contribution < -0.4 is 10.1 Å². The third-order valence-electron chi connectivity index (χ3n) is 2.86. The molecule has 0 fully saturated rings. The molecule has 1 aromatic carbocycles. The van der Waals surface area contributed by atoms with Crippen LogP contribution in [0.5, 0.6) is 5.75 Å². The Morgan fingerprint density at radius 2 is 1.95 bits per heavy atom. The minimum absolute atomic E-state index is 0. The molecule has 0 aliphatic heterocycles. The Morgan fingerprint density at radius 3 is 2.59 bits per heavy atom. The lowest BCUT2D eigenvalue weighted by atomic mass is 10.2. The molecule has 118 valence electrons. The Morgan fingerprint density at radius 1 is 1.18 bits per heavy atom. The SMILES string of the molecule is COCCOc1ccc(CNC(=O)c2cccnc2)cc1.Cl. The third-order valence-corrected chi connectivity index (χ3v) is 2.86. The van der Waals surface area contributed by atoms with E-state index in [4.69, 9.17) is 9.47 Å². The smallest absolute Gasteiger partial charge is 0.253 e. The maximum absolute atomic E-state index is 11.9. The second kappa shape index (κ2) is 9.76. The molecule has 2 rings (SSSR count). The van der Waals surface area contributed by atoms with Crippen molar-refractivity contribution in [2.45, 2.75) is 6.54 Å². The molecule has 0 unspecified atom stereocenters. The van der Waals surface area contributed by atoms with Gasteiger partial charge in [0.2, 0.25) is 0 Å². The van der Waals surface area contributed by atoms with Crippen molar-refractivity contribution >= 4 is 18.3 Å². The van der Waals surface area contributed by atoms with Gasteiger partial charge in [-0.25, -0.2) is 0 Å². The number of carbonyl (C=O) groups excluding carboxylic acids is 1. The zero-order valence-corrected chi connectivity index (χ0v) is 13.1. The molecule has 2 aromatic rings. The number of rotatable bonds is 7. The van der Waals surface area contributed by atoms with Gasteiger partial charge in [0, 0.05) is 26.0 Å². The molecule has 0 aliphatic carbocycles. The number of carbonyl (C=O) groups is 1. The van der Waals surface area contributed by atoms with Gasteiger partial charge in [0.25, 0.3) is 5.91 Å². The Bertz CT molecular complexity index is 561. The maximum Gasteiger partial charge on any atom is 0.253 e. The van der Waals surface area contributed by atoms with Gasteiger partial charge in [-0.15, -0.1) is 12.4 Å². The number of hydrogen-bond acceptors (Lipinski definition) is 4. The summed E-state index contributed by atoms with van der Waals surface area (Å²) in [5, 5.41) is 2.85. The topological polar surface area (TPSA) is 60.5 Å². The number of amides is 1. The lowest BCUT2D eigenvalue weighted by molar-refractivity contribution is 0.0950. The monoisotopic (exact) mass is 322 g/mol. The van der Waals surface area contributed by atoms with E-state index in [2.05, 4.69) is 10.3 Å². The first-order valence-corrected chi connectivity index (χ1v) is 6.68. The van der Waals surface area contributed by atoms with Crippen LogP contribution in [0, 0.1) is 0 Å². The minimum Gasteiger partial charge on any atom is -0.491 e. The fourth-order valence-corrected chi connectivity index (χ4v) is 1.73. The van der Waals surface area contributed by atoms with Crippen molar-refractivity contribution in [3.05, 3.63) is 59.9 Å². The fraction of sp³-hybridized carbons (Fsp3) is 0.250. The summed E-state index contributed by atoms with van der Waals surface area (Å²) in [6, 6.07) is 11.1. The highest BCUT2D eigenvalue weighted by Gasteiger charge is 2.04. The summed E-state index contributed by atoms with van der Waals surface area (Å²) >= 11 is 0. The van der Waals surface area contributed by atoms with E-state index >= 15 is 0 Å². The van der Waals surface area contributed by atoms with Crippen molar-refractivity contribution in [1.29, 1.82) is 0 Å². The van der Waals surface area contributed by atoms with E-state index in [0.29, 0.717) is 25.3 Å². The molecule has 1 amide bonds. The van der Waals surface area contributed by atoms with E-state index in [1.54, 1.807) is 31.6 Å². The molecule has 6 heteroatoms. The van der Waals surface area contributed by atoms with Gasteiger partial charge < -0.3 is 14.8 Å². The van der Waals surface area contributed by atoms with Crippen molar-refractivity contribution < 1.29 is 14.3 Å². The highest BCUT2D eigenvalue weighted by atomic mass is 35.5. The summed E-state index contributed by atoms with van der Waals surface area (Å²) in [5.41, 5.74) is 1.56. The summed E-state index contributed by atoms with van der Waals surface area (Å²) in [4.78, 5) is 15.8. The van der Waals surface area contributed by atoms with Crippen molar-refractivity contribution in [3.63, 3.8) is 0 Å². The van der Waals surface area contributed by atoms with Crippen molar-refractivity contribution in [1.82, 2.24) is 10.3 Å². The average Bonchev–Trinajstić information content (AvgIpc) is 2.55. The third kappa shape index (κ3) is 5.71. The molecule has 22 heavy (non-hydrogen) atoms. The molecule has 5 nitrogen and oxygen atoms in total. The standard InChI is InChI=1S/C16H18N2O3.ClH/c1-20-9-10-21-15-6-4-13(5-7-15)11-18-16(19)14-3-2-8-17-12-14;/h2-8,12H,9-11H2,1H3,(H,18,19);1H. The molecular weight excluding hydrogens is 304 g/mol. The van der Waals surface area contributed by atoms with Crippen LogP contribution in [-0.4, -0.2) is 31.2 Å². The van der Waals surface area contributed by atoms with Gasteiger partial charge in [0.1, 0.15) is 12.4 Å². The molecule has 1 aromatic heterocycles. The van der Waals surface area contributed by atoms with E-state index in [-0.39, 0.29) is 18.3 Å². The summed E-state index contributed by atoms with van der Waals surface area (Å²) in [6.45, 7) is 1.54. The van der Waals surface area contributed by atoms with E-state index in [0.717, 1.165) is 11.3 Å². The largest absolute Gasteiger partial charge is 0.491 e. The van der Waals surface area contributed by atoms with Gasteiger partial charge >= 0.3 is 0 Å². The molecule has 0 aliphatic rings. The summed E-state index contributed by atoms with van der Waals surface area (Å²) in [7, 11) is 1.64. The second-order valence-corrected chi connectivity index (χ2v) is 4.41. The van der Waals surface area contributed by atoms with E-state index in [1.165, 1.54) is 0 Å². The van der Waals surface area contributed by atoms with Crippen molar-refractivity contribution in [2.75, 3.05) is 20.3 Å². The lowest BCUT2D eigenvalue weighted by Gasteiger charge is -2.08. The normalized spacial score (nSPS) is 9.68. The predicted octanol–water partition coefficient (Wildman–Crippen LogP) is 2.46. The van der Waals surface area contributed by atoms with Crippen LogP contribution in [0.25, 0.3) is 0 Å². The van der Waals surface area contributed by atoms with Gasteiger partial charge in [0.15, 0.2) is 0 Å². The molecule has 0 bridgehead atoms. The van der Waals surface area contributed by atoms with Gasteiger partial charge in [-0.3, -0.25) is 9.78 Å². The van der Waals surface area contributed by atoms with Crippen LogP contribution in [0.2, 0.25) is 0 Å². The molecular formula is C16H19ClN2O3. The number of hydrogen-bond donors (Lipinski definition) is 1. The number of nitrogens with one attached hydrogen (secondary N) is 1.